The molecule has 0 saturated carbocycles. The molecule has 0 fully saturated rings. The van der Waals surface area contributed by atoms with Gasteiger partial charge in [-0.05, 0) is 63.8 Å². The highest BCUT2D eigenvalue weighted by atomic mass is 16.3. The lowest BCUT2D eigenvalue weighted by atomic mass is 9.88. The van der Waals surface area contributed by atoms with E-state index in [4.69, 9.17) is 8.83 Å². The minimum atomic E-state index is -0.0545. The molecule has 2 aromatic rings. The Labute approximate surface area is 145 Å². The smallest absolute Gasteiger partial charge is 0.139 e. The van der Waals surface area contributed by atoms with Crippen molar-refractivity contribution in [2.45, 2.75) is 68.2 Å². The minimum Gasteiger partial charge on any atom is -0.466 e. The number of aryl methyl sites for hydroxylation is 2. The van der Waals surface area contributed by atoms with E-state index in [1.54, 1.807) is 0 Å². The second-order valence-corrected chi connectivity index (χ2v) is 7.28. The Bertz CT molecular complexity index is 683. The van der Waals surface area contributed by atoms with E-state index in [1.165, 1.54) is 22.3 Å². The maximum atomic E-state index is 12.8. The highest BCUT2D eigenvalue weighted by Crippen LogP contribution is 2.27. The quantitative estimate of drug-likeness (QED) is 0.717. The molecule has 3 nitrogen and oxygen atoms in total. The van der Waals surface area contributed by atoms with Crippen LogP contribution in [0.15, 0.2) is 8.83 Å². The molecule has 24 heavy (non-hydrogen) atoms. The lowest BCUT2D eigenvalue weighted by molar-refractivity contribution is -0.126. The number of ketones is 1. The number of carbonyl (C=O) groups excluding carboxylic acids is 1. The normalized spacial score (nSPS) is 14.0. The van der Waals surface area contributed by atoms with Crippen LogP contribution in [0.1, 0.15) is 59.1 Å². The minimum absolute atomic E-state index is 0.0545. The van der Waals surface area contributed by atoms with E-state index in [0.29, 0.717) is 12.8 Å². The number of hydrogen-bond acceptors (Lipinski definition) is 3. The number of Topliss-reactive ketones (excluding diaryl/α,β-unsaturated/α-hetero) is 1. The molecule has 0 aliphatic heterocycles. The van der Waals surface area contributed by atoms with Crippen molar-refractivity contribution < 1.29 is 13.6 Å². The van der Waals surface area contributed by atoms with E-state index in [0.717, 1.165) is 23.0 Å². The average molecular weight is 330 g/mol. The summed E-state index contributed by atoms with van der Waals surface area (Å²) in [6, 6.07) is 0. The molecule has 0 radical (unpaired) electrons. The van der Waals surface area contributed by atoms with Crippen LogP contribution in [0.3, 0.4) is 0 Å². The van der Waals surface area contributed by atoms with Gasteiger partial charge in [0.1, 0.15) is 28.8 Å². The summed E-state index contributed by atoms with van der Waals surface area (Å²) in [5.74, 6) is 3.95. The van der Waals surface area contributed by atoms with Crippen molar-refractivity contribution in [3.8, 4) is 0 Å². The van der Waals surface area contributed by atoms with E-state index >= 15 is 0 Å². The molecule has 132 valence electrons. The Kier molecular flexibility index (Phi) is 5.42. The van der Waals surface area contributed by atoms with Crippen molar-refractivity contribution in [2.75, 3.05) is 0 Å². The first-order valence-electron chi connectivity index (χ1n) is 8.78. The first-order valence-corrected chi connectivity index (χ1v) is 8.78. The maximum absolute atomic E-state index is 12.8. The number of rotatable bonds is 6. The highest BCUT2D eigenvalue weighted by Gasteiger charge is 2.25. The van der Waals surface area contributed by atoms with Gasteiger partial charge in [-0.3, -0.25) is 4.79 Å². The molecule has 0 aliphatic rings. The second-order valence-electron chi connectivity index (χ2n) is 7.28. The number of hydrogen-bond donors (Lipinski definition) is 0. The SMILES string of the molecule is Cc1oc(CC(C)C(=O)C(C)Cc2oc(C)c(C)c2C)c(C)c1C. The predicted molar refractivity (Wildman–Crippen MR) is 96.6 cm³/mol. The van der Waals surface area contributed by atoms with Crippen molar-refractivity contribution >= 4 is 5.78 Å². The highest BCUT2D eigenvalue weighted by molar-refractivity contribution is 5.83. The topological polar surface area (TPSA) is 43.4 Å². The van der Waals surface area contributed by atoms with Crippen LogP contribution in [-0.2, 0) is 17.6 Å². The fourth-order valence-electron chi connectivity index (χ4n) is 3.25. The molecule has 0 amide bonds. The van der Waals surface area contributed by atoms with Crippen LogP contribution in [0.5, 0.6) is 0 Å². The van der Waals surface area contributed by atoms with Gasteiger partial charge in [0.25, 0.3) is 0 Å². The van der Waals surface area contributed by atoms with Crippen LogP contribution < -0.4 is 0 Å². The zero-order valence-corrected chi connectivity index (χ0v) is 16.3. The first-order chi connectivity index (χ1) is 11.1. The van der Waals surface area contributed by atoms with E-state index < -0.39 is 0 Å². The summed E-state index contributed by atoms with van der Waals surface area (Å²) in [5, 5.41) is 0. The molecule has 2 unspecified atom stereocenters. The zero-order valence-electron chi connectivity index (χ0n) is 16.3. The monoisotopic (exact) mass is 330 g/mol. The summed E-state index contributed by atoms with van der Waals surface area (Å²) in [7, 11) is 0. The Morgan fingerprint density at radius 2 is 1.04 bits per heavy atom. The van der Waals surface area contributed by atoms with Crippen LogP contribution in [0.2, 0.25) is 0 Å². The largest absolute Gasteiger partial charge is 0.466 e. The predicted octanol–water partition coefficient (Wildman–Crippen LogP) is 5.35. The van der Waals surface area contributed by atoms with Crippen LogP contribution >= 0.6 is 0 Å². The Morgan fingerprint density at radius 1 is 0.708 bits per heavy atom. The average Bonchev–Trinajstić information content (AvgIpc) is 2.91. The van der Waals surface area contributed by atoms with E-state index in [9.17, 15) is 4.79 Å². The molecule has 0 bridgehead atoms. The fraction of sp³-hybridized carbons (Fsp3) is 0.571. The molecular formula is C21H30O3. The third-order valence-corrected chi connectivity index (χ3v) is 5.52. The van der Waals surface area contributed by atoms with Gasteiger partial charge in [-0.25, -0.2) is 0 Å². The molecule has 0 aromatic carbocycles. The van der Waals surface area contributed by atoms with Crippen LogP contribution in [-0.4, -0.2) is 5.78 Å². The third-order valence-electron chi connectivity index (χ3n) is 5.52. The molecule has 2 atom stereocenters. The summed E-state index contributed by atoms with van der Waals surface area (Å²) in [5.41, 5.74) is 4.73. The zero-order chi connectivity index (χ0) is 18.2. The van der Waals surface area contributed by atoms with Gasteiger partial charge in [-0.1, -0.05) is 13.8 Å². The van der Waals surface area contributed by atoms with Crippen molar-refractivity contribution in [3.63, 3.8) is 0 Å². The van der Waals surface area contributed by atoms with Crippen molar-refractivity contribution in [2.24, 2.45) is 11.8 Å². The summed E-state index contributed by atoms with van der Waals surface area (Å²) in [4.78, 5) is 12.8. The number of carbonyl (C=O) groups is 1. The second kappa shape index (κ2) is 7.00. The van der Waals surface area contributed by atoms with Gasteiger partial charge >= 0.3 is 0 Å². The molecule has 2 rings (SSSR count). The number of furan rings is 2. The van der Waals surface area contributed by atoms with Gasteiger partial charge in [0.05, 0.1) is 0 Å². The molecule has 0 aliphatic carbocycles. The van der Waals surface area contributed by atoms with Gasteiger partial charge in [-0.2, -0.15) is 0 Å². The van der Waals surface area contributed by atoms with E-state index in [2.05, 4.69) is 27.7 Å². The fourth-order valence-corrected chi connectivity index (χ4v) is 3.25. The summed E-state index contributed by atoms with van der Waals surface area (Å²) in [6.07, 6.45) is 1.33. The Hall–Kier alpha value is -1.77. The van der Waals surface area contributed by atoms with Crippen LogP contribution in [0.25, 0.3) is 0 Å². The first kappa shape index (κ1) is 18.6. The lowest BCUT2D eigenvalue weighted by Crippen LogP contribution is -2.23. The standard InChI is InChI=1S/C21H30O3/c1-11(9-19-15(5)13(3)17(7)23-19)21(22)12(2)10-20-16(6)14(4)18(8)24-20/h11-12H,9-10H2,1-8H3. The Balaban J connectivity index is 2.06. The van der Waals surface area contributed by atoms with Crippen LogP contribution in [0, 0.1) is 53.4 Å². The van der Waals surface area contributed by atoms with Gasteiger partial charge < -0.3 is 8.83 Å². The summed E-state index contributed by atoms with van der Waals surface area (Å²) < 4.78 is 11.7. The van der Waals surface area contributed by atoms with E-state index in [1.807, 2.05) is 27.7 Å². The molecular weight excluding hydrogens is 300 g/mol. The molecule has 2 heterocycles. The van der Waals surface area contributed by atoms with Crippen molar-refractivity contribution in [3.05, 3.63) is 45.3 Å². The molecule has 0 N–H and O–H groups in total. The molecule has 0 saturated heterocycles. The van der Waals surface area contributed by atoms with Gasteiger partial charge in [0.2, 0.25) is 0 Å². The van der Waals surface area contributed by atoms with Crippen LogP contribution in [0.4, 0.5) is 0 Å². The maximum Gasteiger partial charge on any atom is 0.139 e. The molecule has 3 heteroatoms. The summed E-state index contributed by atoms with van der Waals surface area (Å²) in [6.45, 7) is 16.2. The summed E-state index contributed by atoms with van der Waals surface area (Å²) >= 11 is 0. The van der Waals surface area contributed by atoms with E-state index in [-0.39, 0.29) is 17.6 Å². The third kappa shape index (κ3) is 3.50. The van der Waals surface area contributed by atoms with Gasteiger partial charge in [0, 0.05) is 24.7 Å². The molecule has 0 spiro atoms. The lowest BCUT2D eigenvalue weighted by Gasteiger charge is -2.15. The molecule has 2 aromatic heterocycles. The van der Waals surface area contributed by atoms with Crippen molar-refractivity contribution in [1.29, 1.82) is 0 Å². The van der Waals surface area contributed by atoms with Crippen molar-refractivity contribution in [1.82, 2.24) is 0 Å². The Morgan fingerprint density at radius 3 is 1.29 bits per heavy atom. The van der Waals surface area contributed by atoms with Gasteiger partial charge in [-0.15, -0.1) is 0 Å². The van der Waals surface area contributed by atoms with Gasteiger partial charge in [0.15, 0.2) is 0 Å².